The van der Waals surface area contributed by atoms with Gasteiger partial charge in [-0.2, -0.15) is 23.5 Å². The Labute approximate surface area is 130 Å². The van der Waals surface area contributed by atoms with Crippen molar-refractivity contribution in [3.05, 3.63) is 0 Å². The van der Waals surface area contributed by atoms with Crippen LogP contribution in [-0.2, 0) is 9.59 Å². The van der Waals surface area contributed by atoms with Crippen molar-refractivity contribution in [2.45, 2.75) is 30.8 Å². The summed E-state index contributed by atoms with van der Waals surface area (Å²) in [7, 11) is -1.84. The fourth-order valence-electron chi connectivity index (χ4n) is 1.08. The third-order valence-corrected chi connectivity index (χ3v) is 7.52. The number of thioether (sulfide) groups is 2. The average Bonchev–Trinajstić information content (AvgIpc) is 2.28. The van der Waals surface area contributed by atoms with Crippen molar-refractivity contribution in [3.63, 3.8) is 0 Å². The Morgan fingerprint density at radius 1 is 1.20 bits per heavy atom. The van der Waals surface area contributed by atoms with Crippen LogP contribution in [0.1, 0.15) is 0 Å². The summed E-state index contributed by atoms with van der Waals surface area (Å²) in [5.74, 6) is -0.816. The number of carbonyl (C=O) groups is 2. The Morgan fingerprint density at radius 2 is 1.65 bits per heavy atom. The molecule has 120 valence electrons. The molecule has 0 spiro atoms. The van der Waals surface area contributed by atoms with Crippen LogP contribution in [0.25, 0.3) is 0 Å². The van der Waals surface area contributed by atoms with Crippen molar-refractivity contribution < 1.29 is 19.8 Å². The smallest absolute Gasteiger partial charge is 0.321 e. The van der Waals surface area contributed by atoms with Gasteiger partial charge >= 0.3 is 11.9 Å². The summed E-state index contributed by atoms with van der Waals surface area (Å²) in [5, 5.41) is 16.2. The predicted molar refractivity (Wildman–Crippen MR) is 90.3 cm³/mol. The molecule has 0 fully saturated rings. The van der Waals surface area contributed by atoms with Gasteiger partial charge in [0.2, 0.25) is 0 Å². The molecule has 0 saturated heterocycles. The zero-order valence-electron chi connectivity index (χ0n) is 12.7. The second-order valence-electron chi connectivity index (χ2n) is 5.36. The first-order valence-corrected chi connectivity index (χ1v) is 12.2. The minimum absolute atomic E-state index is 0.481. The van der Waals surface area contributed by atoms with Gasteiger partial charge in [-0.05, 0) is 12.5 Å². The predicted octanol–water partition coefficient (Wildman–Crippen LogP) is 0.770. The minimum atomic E-state index is -1.84. The summed E-state index contributed by atoms with van der Waals surface area (Å²) in [5.41, 5.74) is 11.0. The summed E-state index contributed by atoms with van der Waals surface area (Å²) in [6.07, 6.45) is 3.70. The summed E-state index contributed by atoms with van der Waals surface area (Å²) >= 11 is 2.92. The molecule has 0 aliphatic rings. The van der Waals surface area contributed by atoms with Gasteiger partial charge in [0.15, 0.2) is 0 Å². The van der Waals surface area contributed by atoms with E-state index in [1.165, 1.54) is 23.5 Å². The van der Waals surface area contributed by atoms with E-state index in [0.717, 1.165) is 0 Å². The van der Waals surface area contributed by atoms with Crippen molar-refractivity contribution in [1.29, 1.82) is 0 Å². The normalized spacial score (nSPS) is 15.6. The molecule has 9 heteroatoms. The van der Waals surface area contributed by atoms with Crippen LogP contribution < -0.4 is 11.5 Å². The fourth-order valence-corrected chi connectivity index (χ4v) is 4.96. The maximum atomic E-state index is 11.0. The van der Waals surface area contributed by atoms with Crippen LogP contribution in [0.5, 0.6) is 0 Å². The Kier molecular flexibility index (Phi) is 10.7. The number of nitrogens with two attached hydrogens (primary N) is 2. The Bertz CT molecular complexity index is 326. The number of hydrogen-bond donors (Lipinski definition) is 4. The Balaban J connectivity index is 0. The third-order valence-electron chi connectivity index (χ3n) is 2.76. The number of hydrogen-bond acceptors (Lipinski definition) is 6. The first kappa shape index (κ1) is 22.1. The van der Waals surface area contributed by atoms with Gasteiger partial charge in [0, 0.05) is 11.5 Å². The second-order valence-corrected chi connectivity index (χ2v) is 12.5. The van der Waals surface area contributed by atoms with E-state index in [0.29, 0.717) is 11.5 Å². The summed E-state index contributed by atoms with van der Waals surface area (Å²) in [6.45, 7) is 5.95. The van der Waals surface area contributed by atoms with Crippen molar-refractivity contribution >= 4 is 43.5 Å². The SMILES string of the molecule is CSC[C@H](N)C(=O)O.CSC[C@](N)(C(=O)O)[Si](C)(C)C. The van der Waals surface area contributed by atoms with Gasteiger partial charge in [0.25, 0.3) is 0 Å². The first-order valence-electron chi connectivity index (χ1n) is 5.92. The molecule has 0 aromatic heterocycles. The lowest BCUT2D eigenvalue weighted by atomic mass is 10.3. The van der Waals surface area contributed by atoms with E-state index in [9.17, 15) is 9.59 Å². The molecule has 0 aromatic rings. The van der Waals surface area contributed by atoms with Crippen LogP contribution in [0.4, 0.5) is 0 Å². The summed E-state index contributed by atoms with van der Waals surface area (Å²) < 4.78 is 0. The largest absolute Gasteiger partial charge is 0.480 e. The molecular weight excluding hydrogens is 316 g/mol. The monoisotopic (exact) mass is 342 g/mol. The number of carboxylic acids is 2. The van der Waals surface area contributed by atoms with Gasteiger partial charge in [-0.3, -0.25) is 9.59 Å². The van der Waals surface area contributed by atoms with Gasteiger partial charge in [-0.25, -0.2) is 0 Å². The maximum absolute atomic E-state index is 11.0. The molecule has 0 heterocycles. The molecule has 20 heavy (non-hydrogen) atoms. The maximum Gasteiger partial charge on any atom is 0.321 e. The summed E-state index contributed by atoms with van der Waals surface area (Å²) in [4.78, 5) is 20.9. The number of aliphatic carboxylic acids is 2. The van der Waals surface area contributed by atoms with Crippen molar-refractivity contribution in [2.75, 3.05) is 24.0 Å². The second kappa shape index (κ2) is 9.67. The van der Waals surface area contributed by atoms with E-state index in [1.807, 2.05) is 32.2 Å². The molecule has 0 bridgehead atoms. The molecule has 0 saturated carbocycles. The topological polar surface area (TPSA) is 127 Å². The number of carboxylic acid groups (broad SMARTS) is 2. The van der Waals surface area contributed by atoms with E-state index in [1.54, 1.807) is 0 Å². The molecule has 6 N–H and O–H groups in total. The van der Waals surface area contributed by atoms with Crippen LogP contribution in [0.2, 0.25) is 19.6 Å². The lowest BCUT2D eigenvalue weighted by Gasteiger charge is -2.35. The van der Waals surface area contributed by atoms with Crippen LogP contribution in [0.15, 0.2) is 0 Å². The van der Waals surface area contributed by atoms with Crippen LogP contribution >= 0.6 is 23.5 Å². The highest BCUT2D eigenvalue weighted by atomic mass is 32.2. The molecule has 0 aliphatic heterocycles. The van der Waals surface area contributed by atoms with E-state index >= 15 is 0 Å². The van der Waals surface area contributed by atoms with Crippen molar-refractivity contribution in [1.82, 2.24) is 0 Å². The lowest BCUT2D eigenvalue weighted by Crippen LogP contribution is -2.66. The van der Waals surface area contributed by atoms with Gasteiger partial charge < -0.3 is 21.7 Å². The Hall–Kier alpha value is -0.223. The summed E-state index contributed by atoms with van der Waals surface area (Å²) in [6, 6.07) is -0.704. The first-order chi connectivity index (χ1) is 8.93. The molecule has 0 radical (unpaired) electrons. The van der Waals surface area contributed by atoms with Gasteiger partial charge in [0.1, 0.15) is 11.2 Å². The quantitative estimate of drug-likeness (QED) is 0.500. The van der Waals surface area contributed by atoms with Gasteiger partial charge in [-0.15, -0.1) is 0 Å². The highest BCUT2D eigenvalue weighted by molar-refractivity contribution is 7.98. The minimum Gasteiger partial charge on any atom is -0.480 e. The fraction of sp³-hybridized carbons (Fsp3) is 0.818. The van der Waals surface area contributed by atoms with Crippen LogP contribution in [0, 0.1) is 0 Å². The third kappa shape index (κ3) is 7.53. The molecule has 0 rings (SSSR count). The molecule has 0 unspecified atom stereocenters. The molecular formula is C11H26N2O4S2Si. The van der Waals surface area contributed by atoms with E-state index in [-0.39, 0.29) is 0 Å². The molecule has 6 nitrogen and oxygen atoms in total. The highest BCUT2D eigenvalue weighted by Gasteiger charge is 2.46. The number of rotatable bonds is 7. The standard InChI is InChI=1S/C7H17NO2SSi.C4H9NO2S/c1-11-5-7(8,6(9)10)12(2,3)4;1-8-2-3(5)4(6)7/h5,8H2,1-4H3,(H,9,10);3H,2,5H2,1H3,(H,6,7)/t7-;3-/m10/s1. The molecule has 2 atom stereocenters. The van der Waals surface area contributed by atoms with Crippen LogP contribution in [0.3, 0.4) is 0 Å². The van der Waals surface area contributed by atoms with E-state index in [4.69, 9.17) is 21.7 Å². The molecule has 0 aromatic carbocycles. The van der Waals surface area contributed by atoms with Gasteiger partial charge in [-0.1, -0.05) is 19.6 Å². The average molecular weight is 343 g/mol. The molecule has 0 amide bonds. The van der Waals surface area contributed by atoms with Gasteiger partial charge in [0.05, 0.1) is 8.07 Å². The van der Waals surface area contributed by atoms with E-state index < -0.39 is 31.2 Å². The van der Waals surface area contributed by atoms with Crippen molar-refractivity contribution in [2.24, 2.45) is 11.5 Å². The van der Waals surface area contributed by atoms with Crippen LogP contribution in [-0.4, -0.2) is 65.4 Å². The van der Waals surface area contributed by atoms with E-state index in [2.05, 4.69) is 0 Å². The zero-order valence-corrected chi connectivity index (χ0v) is 15.3. The Morgan fingerprint density at radius 3 is 1.75 bits per heavy atom. The van der Waals surface area contributed by atoms with Crippen molar-refractivity contribution in [3.8, 4) is 0 Å². The zero-order chi connectivity index (χ0) is 16.6. The highest BCUT2D eigenvalue weighted by Crippen LogP contribution is 2.22. The lowest BCUT2D eigenvalue weighted by molar-refractivity contribution is -0.140. The molecule has 0 aliphatic carbocycles.